The summed E-state index contributed by atoms with van der Waals surface area (Å²) in [5.41, 5.74) is 1.18. The lowest BCUT2D eigenvalue weighted by Gasteiger charge is -1.95. The van der Waals surface area contributed by atoms with Crippen molar-refractivity contribution in [3.8, 4) is 0 Å². The summed E-state index contributed by atoms with van der Waals surface area (Å²) in [6.45, 7) is 0.768. The first-order valence-corrected chi connectivity index (χ1v) is 4.65. The van der Waals surface area contributed by atoms with Crippen molar-refractivity contribution in [1.29, 1.82) is 0 Å². The third-order valence-corrected chi connectivity index (χ3v) is 1.95. The maximum atomic E-state index is 9.80. The molecule has 0 aliphatic carbocycles. The average Bonchev–Trinajstić information content (AvgIpc) is 2.21. The van der Waals surface area contributed by atoms with Gasteiger partial charge in [0.1, 0.15) is 6.61 Å². The summed E-state index contributed by atoms with van der Waals surface area (Å²) in [7, 11) is 0. The van der Waals surface area contributed by atoms with Crippen molar-refractivity contribution in [2.24, 2.45) is 0 Å². The molecule has 0 fully saturated rings. The second-order valence-corrected chi connectivity index (χ2v) is 3.17. The second-order valence-electron chi connectivity index (χ2n) is 2.73. The Labute approximate surface area is 88.1 Å². The fourth-order valence-corrected chi connectivity index (χ4v) is 1.13. The van der Waals surface area contributed by atoms with Crippen LogP contribution in [0.5, 0.6) is 0 Å². The van der Waals surface area contributed by atoms with Crippen LogP contribution in [0.1, 0.15) is 5.56 Å². The zero-order valence-electron chi connectivity index (χ0n) is 7.65. The van der Waals surface area contributed by atoms with E-state index in [1.807, 2.05) is 36.4 Å². The van der Waals surface area contributed by atoms with Crippen molar-refractivity contribution in [3.63, 3.8) is 0 Å². The van der Waals surface area contributed by atoms with E-state index in [0.29, 0.717) is 13.1 Å². The molecule has 1 rings (SSSR count). The van der Waals surface area contributed by atoms with Gasteiger partial charge in [-0.25, -0.2) is 0 Å². The number of allylic oxidation sites excluding steroid dienone is 1. The van der Waals surface area contributed by atoms with Gasteiger partial charge in [0.15, 0.2) is 0 Å². The third-order valence-electron chi connectivity index (χ3n) is 1.69. The van der Waals surface area contributed by atoms with Crippen LogP contribution in [0, 0.1) is 0 Å². The molecule has 0 amide bonds. The summed E-state index contributed by atoms with van der Waals surface area (Å²) in [4.78, 5) is 9.80. The first-order valence-electron chi connectivity index (χ1n) is 4.27. The first kappa shape index (κ1) is 10.8. The van der Waals surface area contributed by atoms with Crippen LogP contribution in [-0.2, 0) is 16.0 Å². The molecule has 0 bridgehead atoms. The average molecular weight is 211 g/mol. The molecule has 0 saturated heterocycles. The smallest absolute Gasteiger partial charge is 0.293 e. The minimum Gasteiger partial charge on any atom is -0.464 e. The van der Waals surface area contributed by atoms with E-state index >= 15 is 0 Å². The second kappa shape index (κ2) is 6.22. The maximum absolute atomic E-state index is 9.80. The van der Waals surface area contributed by atoms with E-state index in [9.17, 15) is 4.79 Å². The van der Waals surface area contributed by atoms with Crippen molar-refractivity contribution in [3.05, 3.63) is 47.0 Å². The fraction of sp³-hybridized carbons (Fsp3) is 0.182. The standard InChI is InChI=1S/C11H11ClO2/c12-11-6-4-10(5-7-11)3-1-2-8-14-9-13/h1-2,4-7,9H,3,8H2/b2-1+. The number of benzene rings is 1. The van der Waals surface area contributed by atoms with E-state index in [-0.39, 0.29) is 0 Å². The predicted molar refractivity (Wildman–Crippen MR) is 56.3 cm³/mol. The summed E-state index contributed by atoms with van der Waals surface area (Å²) >= 11 is 5.74. The van der Waals surface area contributed by atoms with Crippen molar-refractivity contribution in [2.75, 3.05) is 6.61 Å². The van der Waals surface area contributed by atoms with E-state index < -0.39 is 0 Å². The lowest BCUT2D eigenvalue weighted by Crippen LogP contribution is -1.86. The highest BCUT2D eigenvalue weighted by Crippen LogP contribution is 2.09. The number of carbonyl (C=O) groups excluding carboxylic acids is 1. The normalized spacial score (nSPS) is 10.4. The SMILES string of the molecule is O=COC/C=C/Cc1ccc(Cl)cc1. The molecule has 0 spiro atoms. The largest absolute Gasteiger partial charge is 0.464 e. The molecule has 2 nitrogen and oxygen atoms in total. The zero-order chi connectivity index (χ0) is 10.2. The Bertz CT molecular complexity index is 304. The number of rotatable bonds is 5. The molecule has 0 radical (unpaired) electrons. The van der Waals surface area contributed by atoms with Crippen molar-refractivity contribution >= 4 is 18.1 Å². The number of hydrogen-bond donors (Lipinski definition) is 0. The van der Waals surface area contributed by atoms with Crippen LogP contribution in [0.25, 0.3) is 0 Å². The highest BCUT2D eigenvalue weighted by molar-refractivity contribution is 6.30. The quantitative estimate of drug-likeness (QED) is 0.424. The zero-order valence-corrected chi connectivity index (χ0v) is 8.41. The number of hydrogen-bond acceptors (Lipinski definition) is 2. The van der Waals surface area contributed by atoms with Gasteiger partial charge in [0.2, 0.25) is 0 Å². The molecule has 0 saturated carbocycles. The Balaban J connectivity index is 2.34. The topological polar surface area (TPSA) is 26.3 Å². The lowest BCUT2D eigenvalue weighted by atomic mass is 10.1. The Morgan fingerprint density at radius 3 is 2.57 bits per heavy atom. The van der Waals surface area contributed by atoms with Crippen LogP contribution < -0.4 is 0 Å². The first-order chi connectivity index (χ1) is 6.83. The molecule has 3 heteroatoms. The van der Waals surface area contributed by atoms with Crippen LogP contribution in [0.4, 0.5) is 0 Å². The van der Waals surface area contributed by atoms with E-state index in [2.05, 4.69) is 4.74 Å². The molecule has 74 valence electrons. The van der Waals surface area contributed by atoms with Crippen molar-refractivity contribution in [1.82, 2.24) is 0 Å². The Kier molecular flexibility index (Phi) is 4.79. The van der Waals surface area contributed by atoms with Gasteiger partial charge in [0, 0.05) is 5.02 Å². The Hall–Kier alpha value is -1.28. The van der Waals surface area contributed by atoms with Crippen LogP contribution in [-0.4, -0.2) is 13.1 Å². The van der Waals surface area contributed by atoms with Crippen LogP contribution >= 0.6 is 11.6 Å². The molecular formula is C11H11ClO2. The van der Waals surface area contributed by atoms with Gasteiger partial charge >= 0.3 is 0 Å². The minimum atomic E-state index is 0.330. The molecule has 0 unspecified atom stereocenters. The van der Waals surface area contributed by atoms with Crippen LogP contribution in [0.2, 0.25) is 5.02 Å². The molecule has 0 heterocycles. The number of ether oxygens (including phenoxy) is 1. The van der Waals surface area contributed by atoms with Gasteiger partial charge in [-0.2, -0.15) is 0 Å². The highest BCUT2D eigenvalue weighted by atomic mass is 35.5. The summed E-state index contributed by atoms with van der Waals surface area (Å²) in [5, 5.41) is 0.738. The minimum absolute atomic E-state index is 0.330. The molecular weight excluding hydrogens is 200 g/mol. The number of carbonyl (C=O) groups is 1. The predicted octanol–water partition coefficient (Wildman–Crippen LogP) is 2.61. The van der Waals surface area contributed by atoms with Crippen molar-refractivity contribution in [2.45, 2.75) is 6.42 Å². The van der Waals surface area contributed by atoms with Gasteiger partial charge in [-0.15, -0.1) is 0 Å². The molecule has 1 aromatic carbocycles. The molecule has 0 atom stereocenters. The molecule has 0 aromatic heterocycles. The van der Waals surface area contributed by atoms with Crippen molar-refractivity contribution < 1.29 is 9.53 Å². The van der Waals surface area contributed by atoms with Gasteiger partial charge in [-0.1, -0.05) is 35.9 Å². The summed E-state index contributed by atoms with van der Waals surface area (Å²) in [6, 6.07) is 7.64. The molecule has 0 aliphatic rings. The maximum Gasteiger partial charge on any atom is 0.293 e. The fourth-order valence-electron chi connectivity index (χ4n) is 1.00. The Morgan fingerprint density at radius 2 is 1.93 bits per heavy atom. The highest BCUT2D eigenvalue weighted by Gasteiger charge is 1.89. The monoisotopic (exact) mass is 210 g/mol. The third kappa shape index (κ3) is 4.10. The molecule has 1 aromatic rings. The van der Waals surface area contributed by atoms with Crippen LogP contribution in [0.3, 0.4) is 0 Å². The molecule has 0 N–H and O–H groups in total. The van der Waals surface area contributed by atoms with Gasteiger partial charge < -0.3 is 4.74 Å². The number of halogens is 1. The van der Waals surface area contributed by atoms with E-state index in [1.165, 1.54) is 5.56 Å². The van der Waals surface area contributed by atoms with Gasteiger partial charge in [0.05, 0.1) is 0 Å². The summed E-state index contributed by atoms with van der Waals surface area (Å²) < 4.78 is 4.50. The van der Waals surface area contributed by atoms with E-state index in [4.69, 9.17) is 11.6 Å². The molecule has 0 aliphatic heterocycles. The van der Waals surface area contributed by atoms with E-state index in [1.54, 1.807) is 0 Å². The summed E-state index contributed by atoms with van der Waals surface area (Å²) in [5.74, 6) is 0. The van der Waals surface area contributed by atoms with Gasteiger partial charge in [0.25, 0.3) is 6.47 Å². The summed E-state index contributed by atoms with van der Waals surface area (Å²) in [6.07, 6.45) is 4.58. The van der Waals surface area contributed by atoms with Gasteiger partial charge in [-0.3, -0.25) is 4.79 Å². The van der Waals surface area contributed by atoms with Gasteiger partial charge in [-0.05, 0) is 24.1 Å². The van der Waals surface area contributed by atoms with E-state index in [0.717, 1.165) is 11.4 Å². The lowest BCUT2D eigenvalue weighted by molar-refractivity contribution is -0.127. The molecule has 14 heavy (non-hydrogen) atoms. The van der Waals surface area contributed by atoms with Crippen LogP contribution in [0.15, 0.2) is 36.4 Å². The Morgan fingerprint density at radius 1 is 1.21 bits per heavy atom.